The lowest BCUT2D eigenvalue weighted by Gasteiger charge is -2.29. The van der Waals surface area contributed by atoms with Crippen LogP contribution in [0.5, 0.6) is 0 Å². The van der Waals surface area contributed by atoms with E-state index in [2.05, 4.69) is 22.6 Å². The summed E-state index contributed by atoms with van der Waals surface area (Å²) < 4.78 is 20.4. The van der Waals surface area contributed by atoms with Crippen molar-refractivity contribution in [2.24, 2.45) is 0 Å². The predicted molar refractivity (Wildman–Crippen MR) is 71.5 cm³/mol. The maximum Gasteiger partial charge on any atom is 0.126 e. The molecule has 1 aromatic carbocycles. The molecule has 0 aliphatic carbocycles. The Morgan fingerprint density at radius 2 is 2.25 bits per heavy atom. The van der Waals surface area contributed by atoms with E-state index >= 15 is 0 Å². The number of hydrogen-bond donors (Lipinski definition) is 0. The lowest BCUT2D eigenvalue weighted by atomic mass is 9.98. The zero-order valence-electron chi connectivity index (χ0n) is 9.38. The first-order valence-corrected chi connectivity index (χ1v) is 7.20. The molecular weight excluding hydrogens is 318 g/mol. The zero-order valence-corrected chi connectivity index (χ0v) is 11.5. The summed E-state index contributed by atoms with van der Waals surface area (Å²) in [5.74, 6) is -0.127. The normalized spacial score (nSPS) is 25.7. The van der Waals surface area contributed by atoms with Gasteiger partial charge in [-0.3, -0.25) is 0 Å². The minimum absolute atomic E-state index is 0.0867. The van der Waals surface area contributed by atoms with E-state index in [1.54, 1.807) is 13.0 Å². The number of aryl methyl sites for hydroxylation is 1. The van der Waals surface area contributed by atoms with Gasteiger partial charge in [0.15, 0.2) is 0 Å². The molecule has 2 atom stereocenters. The molecule has 3 heteroatoms. The van der Waals surface area contributed by atoms with Crippen LogP contribution in [0.25, 0.3) is 0 Å². The number of alkyl halides is 1. The minimum atomic E-state index is -0.127. The molecule has 1 aliphatic rings. The van der Waals surface area contributed by atoms with Crippen molar-refractivity contribution in [1.29, 1.82) is 0 Å². The van der Waals surface area contributed by atoms with Gasteiger partial charge in [-0.25, -0.2) is 4.39 Å². The standard InChI is InChI=1S/C13H16FIO/c1-9-5-6-10(7-12(9)14)13-4-2-3-11(8-15)16-13/h5-7,11,13H,2-4,8H2,1H3. The van der Waals surface area contributed by atoms with Crippen LogP contribution in [-0.2, 0) is 4.74 Å². The number of rotatable bonds is 2. The van der Waals surface area contributed by atoms with Crippen LogP contribution >= 0.6 is 22.6 Å². The van der Waals surface area contributed by atoms with Gasteiger partial charge in [-0.1, -0.05) is 34.7 Å². The molecule has 0 spiro atoms. The lowest BCUT2D eigenvalue weighted by Crippen LogP contribution is -2.23. The Morgan fingerprint density at radius 3 is 2.94 bits per heavy atom. The van der Waals surface area contributed by atoms with Crippen LogP contribution in [-0.4, -0.2) is 10.5 Å². The average Bonchev–Trinajstić information content (AvgIpc) is 2.33. The van der Waals surface area contributed by atoms with Gasteiger partial charge in [0.25, 0.3) is 0 Å². The zero-order chi connectivity index (χ0) is 11.5. The first-order valence-electron chi connectivity index (χ1n) is 5.68. The van der Waals surface area contributed by atoms with Gasteiger partial charge in [-0.15, -0.1) is 0 Å². The molecule has 0 amide bonds. The SMILES string of the molecule is Cc1ccc(C2CCCC(CI)O2)cc1F. The van der Waals surface area contributed by atoms with Crippen LogP contribution in [0.3, 0.4) is 0 Å². The maximum atomic E-state index is 13.5. The molecule has 88 valence electrons. The van der Waals surface area contributed by atoms with Crippen molar-refractivity contribution in [3.05, 3.63) is 35.1 Å². The summed E-state index contributed by atoms with van der Waals surface area (Å²) in [6, 6.07) is 5.44. The van der Waals surface area contributed by atoms with Crippen LogP contribution in [0.1, 0.15) is 36.5 Å². The average molecular weight is 334 g/mol. The summed E-state index contributed by atoms with van der Waals surface area (Å²) in [5, 5.41) is 0. The number of ether oxygens (including phenoxy) is 1. The van der Waals surface area contributed by atoms with Gasteiger partial charge in [0.1, 0.15) is 5.82 Å². The van der Waals surface area contributed by atoms with Gasteiger partial charge in [-0.05, 0) is 43.4 Å². The third kappa shape index (κ3) is 2.74. The fourth-order valence-corrected chi connectivity index (χ4v) is 2.72. The van der Waals surface area contributed by atoms with E-state index in [-0.39, 0.29) is 11.9 Å². The summed E-state index contributed by atoms with van der Waals surface area (Å²) in [7, 11) is 0. The monoisotopic (exact) mass is 334 g/mol. The first kappa shape index (κ1) is 12.3. The molecule has 0 aromatic heterocycles. The maximum absolute atomic E-state index is 13.5. The van der Waals surface area contributed by atoms with Crippen LogP contribution in [0, 0.1) is 12.7 Å². The Labute approximate surface area is 110 Å². The molecule has 2 unspecified atom stereocenters. The molecule has 1 aliphatic heterocycles. The van der Waals surface area contributed by atoms with Gasteiger partial charge in [0.2, 0.25) is 0 Å². The highest BCUT2D eigenvalue weighted by molar-refractivity contribution is 14.1. The number of halogens is 2. The highest BCUT2D eigenvalue weighted by Crippen LogP contribution is 2.32. The van der Waals surface area contributed by atoms with Gasteiger partial charge < -0.3 is 4.74 Å². The molecule has 1 nitrogen and oxygen atoms in total. The third-order valence-corrected chi connectivity index (χ3v) is 4.07. The number of hydrogen-bond acceptors (Lipinski definition) is 1. The van der Waals surface area contributed by atoms with Gasteiger partial charge in [0, 0.05) is 4.43 Å². The molecule has 0 radical (unpaired) electrons. The second-order valence-corrected chi connectivity index (χ2v) is 5.22. The minimum Gasteiger partial charge on any atom is -0.370 e. The summed E-state index contributed by atoms with van der Waals surface area (Å²) in [6.07, 6.45) is 3.74. The van der Waals surface area contributed by atoms with E-state index in [9.17, 15) is 4.39 Å². The van der Waals surface area contributed by atoms with Crippen LogP contribution in [0.15, 0.2) is 18.2 Å². The Hall–Kier alpha value is -0.160. The highest BCUT2D eigenvalue weighted by Gasteiger charge is 2.23. The summed E-state index contributed by atoms with van der Waals surface area (Å²) in [6.45, 7) is 1.79. The molecule has 0 N–H and O–H groups in total. The van der Waals surface area contributed by atoms with Gasteiger partial charge >= 0.3 is 0 Å². The Balaban J connectivity index is 2.13. The van der Waals surface area contributed by atoms with Crippen molar-refractivity contribution in [3.63, 3.8) is 0 Å². The molecule has 1 heterocycles. The van der Waals surface area contributed by atoms with Crippen molar-refractivity contribution < 1.29 is 9.13 Å². The van der Waals surface area contributed by atoms with Crippen molar-refractivity contribution in [1.82, 2.24) is 0 Å². The molecule has 1 aromatic rings. The fraction of sp³-hybridized carbons (Fsp3) is 0.538. The molecular formula is C13H16FIO. The summed E-state index contributed by atoms with van der Waals surface area (Å²) in [4.78, 5) is 0. The summed E-state index contributed by atoms with van der Waals surface area (Å²) in [5.41, 5.74) is 1.68. The molecule has 2 rings (SSSR count). The lowest BCUT2D eigenvalue weighted by molar-refractivity contribution is -0.0376. The van der Waals surface area contributed by atoms with E-state index < -0.39 is 0 Å². The molecule has 0 bridgehead atoms. The summed E-state index contributed by atoms with van der Waals surface area (Å²) >= 11 is 2.35. The highest BCUT2D eigenvalue weighted by atomic mass is 127. The van der Waals surface area contributed by atoms with E-state index in [1.165, 1.54) is 6.42 Å². The van der Waals surface area contributed by atoms with E-state index in [4.69, 9.17) is 4.74 Å². The van der Waals surface area contributed by atoms with Gasteiger partial charge in [0.05, 0.1) is 12.2 Å². The van der Waals surface area contributed by atoms with Crippen LogP contribution in [0.2, 0.25) is 0 Å². The van der Waals surface area contributed by atoms with Crippen molar-refractivity contribution in [2.45, 2.75) is 38.4 Å². The van der Waals surface area contributed by atoms with E-state index in [1.807, 2.05) is 12.1 Å². The topological polar surface area (TPSA) is 9.23 Å². The van der Waals surface area contributed by atoms with Crippen molar-refractivity contribution in [3.8, 4) is 0 Å². The third-order valence-electron chi connectivity index (χ3n) is 3.09. The Kier molecular flexibility index (Phi) is 4.19. The quantitative estimate of drug-likeness (QED) is 0.582. The second kappa shape index (κ2) is 5.45. The second-order valence-electron chi connectivity index (χ2n) is 4.34. The first-order chi connectivity index (χ1) is 7.70. The fourth-order valence-electron chi connectivity index (χ4n) is 2.07. The molecule has 0 saturated carbocycles. The molecule has 1 fully saturated rings. The van der Waals surface area contributed by atoms with Crippen molar-refractivity contribution in [2.75, 3.05) is 4.43 Å². The number of benzene rings is 1. The largest absolute Gasteiger partial charge is 0.370 e. The van der Waals surface area contributed by atoms with E-state index in [0.717, 1.165) is 22.8 Å². The smallest absolute Gasteiger partial charge is 0.126 e. The van der Waals surface area contributed by atoms with Gasteiger partial charge in [-0.2, -0.15) is 0 Å². The Bertz CT molecular complexity index is 367. The van der Waals surface area contributed by atoms with Crippen LogP contribution in [0.4, 0.5) is 4.39 Å². The Morgan fingerprint density at radius 1 is 1.44 bits per heavy atom. The predicted octanol–water partition coefficient (Wildman–Crippen LogP) is 4.18. The van der Waals surface area contributed by atoms with Crippen LogP contribution < -0.4 is 0 Å². The molecule has 16 heavy (non-hydrogen) atoms. The van der Waals surface area contributed by atoms with E-state index in [0.29, 0.717) is 11.7 Å². The van der Waals surface area contributed by atoms with Crippen molar-refractivity contribution >= 4 is 22.6 Å². The molecule has 1 saturated heterocycles.